The normalized spacial score (nSPS) is 17.0. The molecule has 2 heterocycles. The number of hydrogen-bond acceptors (Lipinski definition) is 3. The summed E-state index contributed by atoms with van der Waals surface area (Å²) in [5, 5.41) is 4.51. The summed E-state index contributed by atoms with van der Waals surface area (Å²) in [6.45, 7) is 2.11. The van der Waals surface area contributed by atoms with E-state index in [9.17, 15) is 27.6 Å². The monoisotopic (exact) mass is 353 g/mol. The molecule has 1 aromatic carbocycles. The standard InChI is InChI=1S/C16H14F3N3O3/c1-2-22-6-8(15(24)21-10-3-4-20-16(10)25)14(23)7-5-9(17)11(18)12(19)13(7)22/h5-6,10H,2-4H2,1H3,(H,20,25)(H,21,24)/t10-/m0/s1. The molecule has 1 atom stereocenters. The van der Waals surface area contributed by atoms with Crippen LogP contribution in [0.1, 0.15) is 23.7 Å². The zero-order chi connectivity index (χ0) is 18.3. The number of benzene rings is 1. The zero-order valence-corrected chi connectivity index (χ0v) is 13.2. The molecule has 0 saturated carbocycles. The summed E-state index contributed by atoms with van der Waals surface area (Å²) in [5.74, 6) is -5.90. The fraction of sp³-hybridized carbons (Fsp3) is 0.312. The van der Waals surface area contributed by atoms with E-state index in [4.69, 9.17) is 0 Å². The van der Waals surface area contributed by atoms with Crippen molar-refractivity contribution in [1.82, 2.24) is 15.2 Å². The molecule has 25 heavy (non-hydrogen) atoms. The van der Waals surface area contributed by atoms with Crippen molar-refractivity contribution in [1.29, 1.82) is 0 Å². The number of aryl methyl sites for hydroxylation is 1. The second-order valence-electron chi connectivity index (χ2n) is 5.65. The van der Waals surface area contributed by atoms with E-state index in [-0.39, 0.29) is 18.0 Å². The second-order valence-corrected chi connectivity index (χ2v) is 5.65. The van der Waals surface area contributed by atoms with Gasteiger partial charge < -0.3 is 15.2 Å². The molecule has 2 amide bonds. The van der Waals surface area contributed by atoms with Crippen LogP contribution in [0.15, 0.2) is 17.1 Å². The molecule has 1 aliphatic heterocycles. The van der Waals surface area contributed by atoms with Gasteiger partial charge >= 0.3 is 0 Å². The number of nitrogens with one attached hydrogen (secondary N) is 2. The molecule has 0 radical (unpaired) electrons. The lowest BCUT2D eigenvalue weighted by atomic mass is 10.1. The third kappa shape index (κ3) is 2.75. The molecule has 1 saturated heterocycles. The van der Waals surface area contributed by atoms with Crippen LogP contribution in [-0.2, 0) is 11.3 Å². The van der Waals surface area contributed by atoms with E-state index in [0.717, 1.165) is 10.8 Å². The topological polar surface area (TPSA) is 80.2 Å². The number of fused-ring (bicyclic) bond motifs is 1. The predicted molar refractivity (Wildman–Crippen MR) is 82.6 cm³/mol. The minimum atomic E-state index is -1.69. The van der Waals surface area contributed by atoms with Gasteiger partial charge in [-0.1, -0.05) is 0 Å². The lowest BCUT2D eigenvalue weighted by molar-refractivity contribution is -0.120. The van der Waals surface area contributed by atoms with Crippen molar-refractivity contribution < 1.29 is 22.8 Å². The minimum Gasteiger partial charge on any atom is -0.354 e. The molecule has 0 unspecified atom stereocenters. The van der Waals surface area contributed by atoms with Crippen molar-refractivity contribution >= 4 is 22.7 Å². The number of halogens is 3. The molecule has 0 aliphatic carbocycles. The molecular weight excluding hydrogens is 339 g/mol. The van der Waals surface area contributed by atoms with Gasteiger partial charge in [-0.3, -0.25) is 14.4 Å². The van der Waals surface area contributed by atoms with Crippen LogP contribution < -0.4 is 16.1 Å². The zero-order valence-electron chi connectivity index (χ0n) is 13.2. The second kappa shape index (κ2) is 6.23. The highest BCUT2D eigenvalue weighted by molar-refractivity contribution is 6.00. The van der Waals surface area contributed by atoms with Crippen LogP contribution in [0, 0.1) is 17.5 Å². The predicted octanol–water partition coefficient (Wildman–Crippen LogP) is 1.06. The minimum absolute atomic E-state index is 0.114. The van der Waals surface area contributed by atoms with Crippen molar-refractivity contribution in [3.8, 4) is 0 Å². The molecule has 132 valence electrons. The van der Waals surface area contributed by atoms with Crippen LogP contribution in [-0.4, -0.2) is 29.0 Å². The van der Waals surface area contributed by atoms with Crippen molar-refractivity contribution in [2.75, 3.05) is 6.54 Å². The number of nitrogens with zero attached hydrogens (tertiary/aromatic N) is 1. The number of hydrogen-bond donors (Lipinski definition) is 2. The molecule has 9 heteroatoms. The van der Waals surface area contributed by atoms with Crippen molar-refractivity contribution in [3.05, 3.63) is 45.5 Å². The van der Waals surface area contributed by atoms with Crippen LogP contribution in [0.2, 0.25) is 0 Å². The van der Waals surface area contributed by atoms with Crippen LogP contribution >= 0.6 is 0 Å². The summed E-state index contributed by atoms with van der Waals surface area (Å²) in [5.41, 5.74) is -1.73. The Balaban J connectivity index is 2.15. The Morgan fingerprint density at radius 1 is 1.32 bits per heavy atom. The summed E-state index contributed by atoms with van der Waals surface area (Å²) in [6.07, 6.45) is 1.45. The first kappa shape index (κ1) is 17.0. The van der Waals surface area contributed by atoms with E-state index in [1.807, 2.05) is 0 Å². The van der Waals surface area contributed by atoms with Gasteiger partial charge in [0.2, 0.25) is 11.3 Å². The van der Waals surface area contributed by atoms with Gasteiger partial charge in [0.25, 0.3) is 5.91 Å². The fourth-order valence-electron chi connectivity index (χ4n) is 2.84. The number of carbonyl (C=O) groups excluding carboxylic acids is 2. The van der Waals surface area contributed by atoms with Crippen LogP contribution in [0.3, 0.4) is 0 Å². The number of carbonyl (C=O) groups is 2. The summed E-state index contributed by atoms with van der Waals surface area (Å²) in [4.78, 5) is 36.4. The van der Waals surface area contributed by atoms with E-state index < -0.39 is 45.7 Å². The number of amides is 2. The summed E-state index contributed by atoms with van der Waals surface area (Å²) in [7, 11) is 0. The maximum Gasteiger partial charge on any atom is 0.257 e. The Morgan fingerprint density at radius 2 is 2.04 bits per heavy atom. The SMILES string of the molecule is CCn1cc(C(=O)N[C@H]2CCNC2=O)c(=O)c2cc(F)c(F)c(F)c21. The highest BCUT2D eigenvalue weighted by atomic mass is 19.2. The number of rotatable bonds is 3. The van der Waals surface area contributed by atoms with E-state index in [2.05, 4.69) is 10.6 Å². The molecular formula is C16H14F3N3O3. The maximum atomic E-state index is 14.1. The van der Waals surface area contributed by atoms with Crippen LogP contribution in [0.25, 0.3) is 10.9 Å². The molecule has 1 aliphatic rings. The third-order valence-electron chi connectivity index (χ3n) is 4.14. The quantitative estimate of drug-likeness (QED) is 0.810. The van der Waals surface area contributed by atoms with E-state index in [1.165, 1.54) is 0 Å². The smallest absolute Gasteiger partial charge is 0.257 e. The Kier molecular flexibility index (Phi) is 4.23. The molecule has 1 fully saturated rings. The number of aromatic nitrogens is 1. The molecule has 6 nitrogen and oxygen atoms in total. The average Bonchev–Trinajstić information content (AvgIpc) is 2.98. The lowest BCUT2D eigenvalue weighted by Crippen LogP contribution is -2.42. The first-order valence-electron chi connectivity index (χ1n) is 7.64. The van der Waals surface area contributed by atoms with Crippen molar-refractivity contribution in [2.24, 2.45) is 0 Å². The highest BCUT2D eigenvalue weighted by Gasteiger charge is 2.28. The van der Waals surface area contributed by atoms with Gasteiger partial charge in [0.05, 0.1) is 10.9 Å². The Bertz CT molecular complexity index is 955. The Morgan fingerprint density at radius 3 is 2.64 bits per heavy atom. The van der Waals surface area contributed by atoms with Gasteiger partial charge in [0, 0.05) is 19.3 Å². The fourth-order valence-corrected chi connectivity index (χ4v) is 2.84. The molecule has 3 rings (SSSR count). The van der Waals surface area contributed by atoms with E-state index >= 15 is 0 Å². The average molecular weight is 353 g/mol. The molecule has 2 aromatic rings. The molecule has 1 aromatic heterocycles. The van der Waals surface area contributed by atoms with Gasteiger partial charge in [-0.2, -0.15) is 0 Å². The maximum absolute atomic E-state index is 14.1. The number of pyridine rings is 1. The van der Waals surface area contributed by atoms with Gasteiger partial charge in [-0.25, -0.2) is 13.2 Å². The van der Waals surface area contributed by atoms with Crippen LogP contribution in [0.5, 0.6) is 0 Å². The van der Waals surface area contributed by atoms with Gasteiger partial charge in [-0.15, -0.1) is 0 Å². The van der Waals surface area contributed by atoms with Crippen molar-refractivity contribution in [3.63, 3.8) is 0 Å². The summed E-state index contributed by atoms with van der Waals surface area (Å²) in [6, 6.07) is -0.208. The van der Waals surface area contributed by atoms with Crippen LogP contribution in [0.4, 0.5) is 13.2 Å². The van der Waals surface area contributed by atoms with Gasteiger partial charge in [0.15, 0.2) is 17.5 Å². The summed E-state index contributed by atoms with van der Waals surface area (Å²) < 4.78 is 42.2. The molecule has 0 bridgehead atoms. The lowest BCUT2D eigenvalue weighted by Gasteiger charge is -2.14. The highest BCUT2D eigenvalue weighted by Crippen LogP contribution is 2.22. The van der Waals surface area contributed by atoms with Gasteiger partial charge in [-0.05, 0) is 19.4 Å². The summed E-state index contributed by atoms with van der Waals surface area (Å²) >= 11 is 0. The van der Waals surface area contributed by atoms with E-state index in [1.54, 1.807) is 6.92 Å². The first-order chi connectivity index (χ1) is 11.8. The van der Waals surface area contributed by atoms with Crippen molar-refractivity contribution in [2.45, 2.75) is 25.9 Å². The Labute approximate surface area is 139 Å². The van der Waals surface area contributed by atoms with E-state index in [0.29, 0.717) is 19.0 Å². The molecule has 2 N–H and O–H groups in total. The Hall–Kier alpha value is -2.84. The first-order valence-corrected chi connectivity index (χ1v) is 7.64. The third-order valence-corrected chi connectivity index (χ3v) is 4.14. The molecule has 0 spiro atoms. The largest absolute Gasteiger partial charge is 0.354 e. The van der Waals surface area contributed by atoms with Gasteiger partial charge in [0.1, 0.15) is 11.6 Å².